The van der Waals surface area contributed by atoms with Crippen molar-refractivity contribution >= 4 is 23.6 Å². The highest BCUT2D eigenvalue weighted by molar-refractivity contribution is 6.31. The highest BCUT2D eigenvalue weighted by Gasteiger charge is 2.14. The molecule has 1 aromatic heterocycles. The van der Waals surface area contributed by atoms with Gasteiger partial charge >= 0.3 is 0 Å². The zero-order valence-corrected chi connectivity index (χ0v) is 10.1. The van der Waals surface area contributed by atoms with Gasteiger partial charge in [-0.2, -0.15) is 5.10 Å². The van der Waals surface area contributed by atoms with Gasteiger partial charge in [-0.05, 0) is 19.1 Å². The zero-order chi connectivity index (χ0) is 13.3. The third-order valence-electron chi connectivity index (χ3n) is 2.44. The first-order chi connectivity index (χ1) is 8.52. The van der Waals surface area contributed by atoms with E-state index >= 15 is 0 Å². The topological polar surface area (TPSA) is 78.0 Å². The fourth-order valence-electron chi connectivity index (χ4n) is 1.52. The molecule has 0 fully saturated rings. The third-order valence-corrected chi connectivity index (χ3v) is 2.81. The second kappa shape index (κ2) is 4.58. The van der Waals surface area contributed by atoms with Gasteiger partial charge in [0.15, 0.2) is 6.29 Å². The molecule has 7 heteroatoms. The van der Waals surface area contributed by atoms with Crippen molar-refractivity contribution in [3.8, 4) is 5.69 Å². The summed E-state index contributed by atoms with van der Waals surface area (Å²) in [5.41, 5.74) is 0.950. The van der Waals surface area contributed by atoms with E-state index in [-0.39, 0.29) is 11.3 Å². The molecule has 2 rings (SSSR count). The summed E-state index contributed by atoms with van der Waals surface area (Å²) >= 11 is 5.87. The molecule has 1 heterocycles. The molecule has 0 spiro atoms. The number of benzene rings is 1. The number of hydrogen-bond acceptors (Lipinski definition) is 4. The largest absolute Gasteiger partial charge is 0.298 e. The van der Waals surface area contributed by atoms with Gasteiger partial charge in [-0.25, -0.2) is 4.68 Å². The lowest BCUT2D eigenvalue weighted by Gasteiger charge is -2.02. The fourth-order valence-corrected chi connectivity index (χ4v) is 1.65. The second-order valence-electron chi connectivity index (χ2n) is 3.63. The SMILES string of the molecule is Cc1nn(-c2ccc([N+](=O)[O-])c(C=O)c2)cc1Cl. The van der Waals surface area contributed by atoms with Crippen molar-refractivity contribution in [2.45, 2.75) is 6.92 Å². The minimum absolute atomic E-state index is 0.00164. The van der Waals surface area contributed by atoms with Crippen LogP contribution in [0, 0.1) is 17.0 Å². The Hall–Kier alpha value is -2.21. The van der Waals surface area contributed by atoms with Crippen LogP contribution in [0.3, 0.4) is 0 Å². The number of aryl methyl sites for hydroxylation is 1. The number of nitro groups is 1. The van der Waals surface area contributed by atoms with Gasteiger partial charge in [0.1, 0.15) is 0 Å². The van der Waals surface area contributed by atoms with Crippen LogP contribution >= 0.6 is 11.6 Å². The molecule has 0 amide bonds. The molecule has 6 nitrogen and oxygen atoms in total. The number of aldehydes is 1. The van der Waals surface area contributed by atoms with Crippen LogP contribution in [0.2, 0.25) is 5.02 Å². The Morgan fingerprint density at radius 2 is 2.22 bits per heavy atom. The lowest BCUT2D eigenvalue weighted by Crippen LogP contribution is -1.99. The van der Waals surface area contributed by atoms with Crippen molar-refractivity contribution in [2.24, 2.45) is 0 Å². The highest BCUT2D eigenvalue weighted by atomic mass is 35.5. The van der Waals surface area contributed by atoms with Gasteiger partial charge in [0, 0.05) is 12.3 Å². The Kier molecular flexibility index (Phi) is 3.12. The molecule has 92 valence electrons. The molecule has 0 aliphatic heterocycles. The van der Waals surface area contributed by atoms with E-state index in [0.29, 0.717) is 22.7 Å². The van der Waals surface area contributed by atoms with Crippen LogP contribution in [0.1, 0.15) is 16.1 Å². The molecule has 18 heavy (non-hydrogen) atoms. The van der Waals surface area contributed by atoms with Crippen molar-refractivity contribution in [1.29, 1.82) is 0 Å². The summed E-state index contributed by atoms with van der Waals surface area (Å²) in [5, 5.41) is 15.3. The van der Waals surface area contributed by atoms with Crippen molar-refractivity contribution in [3.63, 3.8) is 0 Å². The van der Waals surface area contributed by atoms with Gasteiger partial charge in [-0.1, -0.05) is 11.6 Å². The maximum absolute atomic E-state index is 10.8. The first kappa shape index (κ1) is 12.3. The quantitative estimate of drug-likeness (QED) is 0.485. The van der Waals surface area contributed by atoms with Gasteiger partial charge in [-0.15, -0.1) is 0 Å². The van der Waals surface area contributed by atoms with Gasteiger partial charge in [0.05, 0.1) is 26.9 Å². The van der Waals surface area contributed by atoms with E-state index in [4.69, 9.17) is 11.6 Å². The van der Waals surface area contributed by atoms with Gasteiger partial charge in [0.2, 0.25) is 0 Å². The average Bonchev–Trinajstić information content (AvgIpc) is 2.68. The van der Waals surface area contributed by atoms with Gasteiger partial charge < -0.3 is 0 Å². The lowest BCUT2D eigenvalue weighted by atomic mass is 10.2. The van der Waals surface area contributed by atoms with Gasteiger partial charge in [0.25, 0.3) is 5.69 Å². The Bertz CT molecular complexity index is 617. The molecule has 2 aromatic rings. The van der Waals surface area contributed by atoms with Crippen LogP contribution in [-0.2, 0) is 0 Å². The van der Waals surface area contributed by atoms with Crippen molar-refractivity contribution in [1.82, 2.24) is 9.78 Å². The van der Waals surface area contributed by atoms with E-state index in [1.807, 2.05) is 0 Å². The highest BCUT2D eigenvalue weighted by Crippen LogP contribution is 2.22. The van der Waals surface area contributed by atoms with Crippen molar-refractivity contribution in [3.05, 3.63) is 50.8 Å². The summed E-state index contributed by atoms with van der Waals surface area (Å²) in [7, 11) is 0. The summed E-state index contributed by atoms with van der Waals surface area (Å²) in [6.07, 6.45) is 2.02. The summed E-state index contributed by atoms with van der Waals surface area (Å²) in [5.74, 6) is 0. The Labute approximate surface area is 107 Å². The molecular formula is C11H8ClN3O3. The van der Waals surface area contributed by atoms with E-state index in [0.717, 1.165) is 0 Å². The number of nitro benzene ring substituents is 1. The molecule has 1 aromatic carbocycles. The molecule has 0 saturated carbocycles. The molecule has 0 saturated heterocycles. The standard InChI is InChI=1S/C11H8ClN3O3/c1-7-10(12)5-14(13-7)9-2-3-11(15(17)18)8(4-9)6-16/h2-6H,1H3. The number of hydrogen-bond donors (Lipinski definition) is 0. The monoisotopic (exact) mass is 265 g/mol. The Morgan fingerprint density at radius 1 is 1.50 bits per heavy atom. The maximum Gasteiger partial charge on any atom is 0.280 e. The van der Waals surface area contributed by atoms with Crippen molar-refractivity contribution < 1.29 is 9.72 Å². The van der Waals surface area contributed by atoms with Crippen LogP contribution in [0.4, 0.5) is 5.69 Å². The molecule has 0 N–H and O–H groups in total. The zero-order valence-electron chi connectivity index (χ0n) is 9.33. The van der Waals surface area contributed by atoms with E-state index < -0.39 is 4.92 Å². The van der Waals surface area contributed by atoms with Crippen LogP contribution in [0.5, 0.6) is 0 Å². The number of halogens is 1. The number of aromatic nitrogens is 2. The Balaban J connectivity index is 2.53. The Morgan fingerprint density at radius 3 is 2.72 bits per heavy atom. The molecular weight excluding hydrogens is 258 g/mol. The van der Waals surface area contributed by atoms with Crippen LogP contribution in [0.15, 0.2) is 24.4 Å². The molecule has 0 radical (unpaired) electrons. The minimum atomic E-state index is -0.602. The second-order valence-corrected chi connectivity index (χ2v) is 4.03. The maximum atomic E-state index is 10.8. The van der Waals surface area contributed by atoms with Crippen molar-refractivity contribution in [2.75, 3.05) is 0 Å². The minimum Gasteiger partial charge on any atom is -0.298 e. The molecule has 0 aliphatic rings. The smallest absolute Gasteiger partial charge is 0.280 e. The fraction of sp³-hybridized carbons (Fsp3) is 0.0909. The average molecular weight is 266 g/mol. The summed E-state index contributed by atoms with van der Waals surface area (Å²) < 4.78 is 1.47. The normalized spacial score (nSPS) is 10.3. The molecule has 0 unspecified atom stereocenters. The summed E-state index contributed by atoms with van der Waals surface area (Å²) in [6.45, 7) is 1.74. The lowest BCUT2D eigenvalue weighted by molar-refractivity contribution is -0.385. The molecule has 0 aliphatic carbocycles. The summed E-state index contributed by atoms with van der Waals surface area (Å²) in [4.78, 5) is 20.9. The predicted octanol–water partition coefficient (Wildman–Crippen LogP) is 2.55. The molecule has 0 bridgehead atoms. The van der Waals surface area contributed by atoms with E-state index in [1.165, 1.54) is 22.9 Å². The van der Waals surface area contributed by atoms with Crippen LogP contribution in [-0.4, -0.2) is 21.0 Å². The molecule has 0 atom stereocenters. The van der Waals surface area contributed by atoms with E-state index in [9.17, 15) is 14.9 Å². The third kappa shape index (κ3) is 2.10. The number of carbonyl (C=O) groups is 1. The number of nitrogens with zero attached hydrogens (tertiary/aromatic N) is 3. The first-order valence-corrected chi connectivity index (χ1v) is 5.36. The summed E-state index contributed by atoms with van der Waals surface area (Å²) in [6, 6.07) is 4.17. The van der Waals surface area contributed by atoms with Crippen LogP contribution in [0.25, 0.3) is 5.69 Å². The van der Waals surface area contributed by atoms with E-state index in [1.54, 1.807) is 13.1 Å². The number of carbonyl (C=O) groups excluding carboxylic acids is 1. The predicted molar refractivity (Wildman–Crippen MR) is 65.4 cm³/mol. The first-order valence-electron chi connectivity index (χ1n) is 4.98. The number of rotatable bonds is 3. The van der Waals surface area contributed by atoms with Crippen LogP contribution < -0.4 is 0 Å². The van der Waals surface area contributed by atoms with E-state index in [2.05, 4.69) is 5.10 Å². The van der Waals surface area contributed by atoms with Gasteiger partial charge in [-0.3, -0.25) is 14.9 Å².